The van der Waals surface area contributed by atoms with Gasteiger partial charge in [0.05, 0.1) is 46.9 Å². The van der Waals surface area contributed by atoms with E-state index in [0.29, 0.717) is 44.8 Å². The molecule has 0 fully saturated rings. The number of benzene rings is 6. The van der Waals surface area contributed by atoms with Gasteiger partial charge in [0, 0.05) is 85.9 Å². The van der Waals surface area contributed by atoms with Crippen LogP contribution in [0.4, 0.5) is 20.2 Å². The minimum atomic E-state index is -1.39. The Morgan fingerprint density at radius 1 is 0.447 bits per heavy atom. The first-order valence-corrected chi connectivity index (χ1v) is 28.1. The van der Waals surface area contributed by atoms with Crippen molar-refractivity contribution in [3.8, 4) is 44.8 Å². The van der Waals surface area contributed by atoms with Gasteiger partial charge in [-0.2, -0.15) is 0 Å². The standard InChI is InChI=1S/2C34H37FN2O5.Ca/c2*1-22(2)32-31(34(42)36(3)26-12-8-5-9-13-26)30(23-10-6-4-7-11-23)33(24-14-16-25(35)17-15-24)37(32)19-18-27(38)20-28(39)21-29(40)41;/h2*4-17,22,27-28,38-39H,18-21H2,1-3H3,(H,40,41);/q;;+2/p-2/t2*27-,28-;/m11./s1. The van der Waals surface area contributed by atoms with E-state index in [1.807, 2.05) is 158 Å². The third-order valence-electron chi connectivity index (χ3n) is 14.7. The van der Waals surface area contributed by atoms with Crippen LogP contribution >= 0.6 is 0 Å². The summed E-state index contributed by atoms with van der Waals surface area (Å²) in [4.78, 5) is 53.8. The van der Waals surface area contributed by atoms with Crippen molar-refractivity contribution in [2.45, 2.75) is 116 Å². The maximum Gasteiger partial charge on any atom is 2.00 e. The molecule has 0 aliphatic heterocycles. The van der Waals surface area contributed by atoms with Crippen LogP contribution < -0.4 is 20.0 Å². The van der Waals surface area contributed by atoms with E-state index in [1.165, 1.54) is 24.3 Å². The number of halogens is 2. The maximum absolute atomic E-state index is 14.4. The van der Waals surface area contributed by atoms with Crippen molar-refractivity contribution in [2.24, 2.45) is 0 Å². The van der Waals surface area contributed by atoms with E-state index in [-0.39, 0.29) is 112 Å². The van der Waals surface area contributed by atoms with Crippen LogP contribution in [0.15, 0.2) is 170 Å². The predicted molar refractivity (Wildman–Crippen MR) is 325 cm³/mol. The van der Waals surface area contributed by atoms with E-state index in [4.69, 9.17) is 0 Å². The van der Waals surface area contributed by atoms with E-state index in [0.717, 1.165) is 33.9 Å². The molecule has 4 N–H and O–H groups in total. The number of carbonyl (C=O) groups excluding carboxylic acids is 4. The number of hydrogen-bond acceptors (Lipinski definition) is 10. The number of amides is 2. The Balaban J connectivity index is 0.000000269. The van der Waals surface area contributed by atoms with E-state index < -0.39 is 49.2 Å². The van der Waals surface area contributed by atoms with Gasteiger partial charge in [-0.3, -0.25) is 9.59 Å². The van der Waals surface area contributed by atoms with Gasteiger partial charge in [-0.25, -0.2) is 8.78 Å². The molecular formula is C68H72CaF2N4O10. The quantitative estimate of drug-likeness (QED) is 0.0421. The number of rotatable bonds is 24. The van der Waals surface area contributed by atoms with Crippen molar-refractivity contribution in [3.63, 3.8) is 0 Å². The average molecular weight is 1180 g/mol. The summed E-state index contributed by atoms with van der Waals surface area (Å²) < 4.78 is 32.1. The third kappa shape index (κ3) is 17.0. The fourth-order valence-electron chi connectivity index (χ4n) is 10.8. The number of aliphatic hydroxyl groups is 4. The van der Waals surface area contributed by atoms with Crippen molar-refractivity contribution in [1.29, 1.82) is 0 Å². The van der Waals surface area contributed by atoms with Crippen LogP contribution in [0.1, 0.15) is 110 Å². The first-order valence-electron chi connectivity index (χ1n) is 28.1. The Hall–Kier alpha value is -7.28. The number of aliphatic carboxylic acids is 2. The monoisotopic (exact) mass is 1180 g/mol. The third-order valence-corrected chi connectivity index (χ3v) is 14.7. The van der Waals surface area contributed by atoms with Crippen molar-refractivity contribution < 1.29 is 58.6 Å². The zero-order valence-electron chi connectivity index (χ0n) is 48.8. The molecule has 0 aliphatic carbocycles. The Morgan fingerprint density at radius 3 is 1.02 bits per heavy atom. The summed E-state index contributed by atoms with van der Waals surface area (Å²) >= 11 is 0. The first kappa shape index (κ1) is 66.9. The zero-order chi connectivity index (χ0) is 60.8. The molecule has 0 radical (unpaired) electrons. The van der Waals surface area contributed by atoms with Gasteiger partial charge >= 0.3 is 37.7 Å². The number of carbonyl (C=O) groups is 4. The average Bonchev–Trinajstić information content (AvgIpc) is 1.71. The molecule has 2 amide bonds. The smallest absolute Gasteiger partial charge is 0.550 e. The topological polar surface area (TPSA) is 212 Å². The summed E-state index contributed by atoms with van der Waals surface area (Å²) in [5.74, 6) is -4.22. The summed E-state index contributed by atoms with van der Waals surface area (Å²) in [5, 5.41) is 63.4. The molecule has 0 bridgehead atoms. The van der Waals surface area contributed by atoms with Gasteiger partial charge in [0.2, 0.25) is 0 Å². The molecule has 0 saturated heterocycles. The number of aliphatic hydroxyl groups excluding tert-OH is 4. The molecule has 0 spiro atoms. The van der Waals surface area contributed by atoms with Gasteiger partial charge in [0.25, 0.3) is 11.8 Å². The summed E-state index contributed by atoms with van der Waals surface area (Å²) in [6.07, 6.45) is -5.53. The fourth-order valence-corrected chi connectivity index (χ4v) is 10.8. The SMILES string of the molecule is CC(C)c1c(C(=O)N(C)c2ccccc2)c(-c2ccccc2)c(-c2ccc(F)cc2)n1CC[C@@H](O)C[C@@H](O)CC(=O)[O-].CC(C)c1c(C(=O)N(C)c2ccccc2)c(-c2ccccc2)c(-c2ccc(F)cc2)n1CC[C@@H](O)C[C@@H](O)CC(=O)[O-].[Ca+2]. The Kier molecular flexibility index (Phi) is 24.5. The predicted octanol–water partition coefficient (Wildman–Crippen LogP) is 9.63. The minimum Gasteiger partial charge on any atom is -0.550 e. The molecule has 85 heavy (non-hydrogen) atoms. The summed E-state index contributed by atoms with van der Waals surface area (Å²) in [6.45, 7) is 8.51. The molecule has 6 aromatic carbocycles. The Labute approximate surface area is 525 Å². The molecule has 0 unspecified atom stereocenters. The molecule has 14 nitrogen and oxygen atoms in total. The molecule has 2 heterocycles. The molecule has 0 saturated carbocycles. The van der Waals surface area contributed by atoms with Crippen LogP contribution in [0.3, 0.4) is 0 Å². The molecule has 0 aliphatic rings. The van der Waals surface area contributed by atoms with Crippen molar-refractivity contribution in [1.82, 2.24) is 9.13 Å². The van der Waals surface area contributed by atoms with Crippen LogP contribution in [0.2, 0.25) is 0 Å². The van der Waals surface area contributed by atoms with Crippen LogP contribution in [-0.4, -0.2) is 130 Å². The van der Waals surface area contributed by atoms with Crippen LogP contribution in [-0.2, 0) is 22.7 Å². The van der Waals surface area contributed by atoms with Crippen molar-refractivity contribution >= 4 is 72.9 Å². The number of hydrogen-bond donors (Lipinski definition) is 4. The second kappa shape index (κ2) is 31.2. The molecule has 8 aromatic rings. The molecular weight excluding hydrogens is 1110 g/mol. The normalized spacial score (nSPS) is 12.6. The van der Waals surface area contributed by atoms with E-state index >= 15 is 0 Å². The Morgan fingerprint density at radius 2 is 0.741 bits per heavy atom. The molecule has 8 rings (SSSR count). The van der Waals surface area contributed by atoms with Crippen LogP contribution in [0, 0.1) is 11.6 Å². The number of carboxylic acids is 2. The van der Waals surface area contributed by atoms with Crippen LogP contribution in [0.5, 0.6) is 0 Å². The second-order valence-corrected chi connectivity index (χ2v) is 21.5. The van der Waals surface area contributed by atoms with Crippen molar-refractivity contribution in [2.75, 3.05) is 23.9 Å². The zero-order valence-corrected chi connectivity index (χ0v) is 51.0. The first-order chi connectivity index (χ1) is 40.2. The number of aromatic nitrogens is 2. The van der Waals surface area contributed by atoms with E-state index in [9.17, 15) is 58.6 Å². The summed E-state index contributed by atoms with van der Waals surface area (Å²) in [6, 6.07) is 50.0. The van der Waals surface area contributed by atoms with Crippen LogP contribution in [0.25, 0.3) is 44.8 Å². The second-order valence-electron chi connectivity index (χ2n) is 21.5. The molecule has 4 atom stereocenters. The molecule has 2 aromatic heterocycles. The minimum absolute atomic E-state index is 0. The maximum atomic E-state index is 14.4. The number of para-hydroxylation sites is 2. The number of nitrogens with zero attached hydrogens (tertiary/aromatic N) is 4. The van der Waals surface area contributed by atoms with Crippen molar-refractivity contribution in [3.05, 3.63) is 204 Å². The largest absolute Gasteiger partial charge is 2.00 e. The Bertz CT molecular complexity index is 3240. The molecule has 17 heteroatoms. The van der Waals surface area contributed by atoms with Gasteiger partial charge in [0.15, 0.2) is 0 Å². The van der Waals surface area contributed by atoms with Gasteiger partial charge < -0.3 is 59.2 Å². The fraction of sp³-hybridized carbons (Fsp3) is 0.294. The number of carboxylic acid groups (broad SMARTS) is 2. The van der Waals surface area contributed by atoms with E-state index in [1.54, 1.807) is 48.2 Å². The van der Waals surface area contributed by atoms with Gasteiger partial charge in [-0.1, -0.05) is 125 Å². The van der Waals surface area contributed by atoms with E-state index in [2.05, 4.69) is 0 Å². The summed E-state index contributed by atoms with van der Waals surface area (Å²) in [7, 11) is 3.46. The summed E-state index contributed by atoms with van der Waals surface area (Å²) in [5.41, 5.74) is 9.81. The number of anilines is 2. The van der Waals surface area contributed by atoms with Gasteiger partial charge in [-0.05, 0) is 133 Å². The molecule has 440 valence electrons. The van der Waals surface area contributed by atoms with Gasteiger partial charge in [-0.15, -0.1) is 0 Å². The van der Waals surface area contributed by atoms with Gasteiger partial charge in [0.1, 0.15) is 11.6 Å².